The number of likely N-dealkylation sites (N-methyl/N-ethyl adjacent to an activating group) is 1. The first-order chi connectivity index (χ1) is 21.9. The van der Waals surface area contributed by atoms with Crippen LogP contribution < -0.4 is 26.1 Å². The van der Waals surface area contributed by atoms with Crippen molar-refractivity contribution in [1.82, 2.24) is 25.4 Å². The number of anilines is 1. The molecule has 1 aromatic heterocycles. The minimum atomic E-state index is -1.64. The van der Waals surface area contributed by atoms with E-state index >= 15 is 0 Å². The number of carbonyl (C=O) groups excluding carboxylic acids is 5. The number of hydrogen-bond acceptors (Lipinski definition) is 12. The fourth-order valence-corrected chi connectivity index (χ4v) is 7.75. The number of fused-ring (bicyclic) bond motifs is 1. The van der Waals surface area contributed by atoms with Crippen molar-refractivity contribution >= 4 is 65.1 Å². The second-order valence-corrected chi connectivity index (χ2v) is 13.7. The van der Waals surface area contributed by atoms with Crippen LogP contribution in [0.5, 0.6) is 5.75 Å². The highest BCUT2D eigenvalue weighted by atomic mass is 32.2. The number of amides is 5. The fourth-order valence-electron chi connectivity index (χ4n) is 5.92. The zero-order valence-corrected chi connectivity index (χ0v) is 27.2. The number of thioether (sulfide) groups is 1. The summed E-state index contributed by atoms with van der Waals surface area (Å²) < 4.78 is 6.62. The number of quaternary nitrogens is 1. The molecule has 2 fully saturated rings. The number of urea groups is 1. The zero-order valence-electron chi connectivity index (χ0n) is 25.5. The van der Waals surface area contributed by atoms with Crippen LogP contribution in [0, 0.1) is 0 Å². The third-order valence-corrected chi connectivity index (χ3v) is 10.3. The van der Waals surface area contributed by atoms with E-state index in [2.05, 4.69) is 22.7 Å². The number of thiazole rings is 1. The van der Waals surface area contributed by atoms with Crippen molar-refractivity contribution in [3.05, 3.63) is 34.3 Å². The molecule has 5 N–H and O–H groups in total. The third kappa shape index (κ3) is 7.09. The van der Waals surface area contributed by atoms with E-state index in [0.29, 0.717) is 22.8 Å². The molecule has 5 amide bonds. The van der Waals surface area contributed by atoms with Gasteiger partial charge in [-0.15, -0.1) is 23.1 Å². The van der Waals surface area contributed by atoms with Gasteiger partial charge in [-0.25, -0.2) is 9.78 Å². The van der Waals surface area contributed by atoms with Gasteiger partial charge in [-0.2, -0.15) is 0 Å². The Labute approximate surface area is 274 Å². The quantitative estimate of drug-likeness (QED) is 0.104. The summed E-state index contributed by atoms with van der Waals surface area (Å²) in [5.74, 6) is -4.46. The van der Waals surface area contributed by atoms with Crippen LogP contribution in [-0.4, -0.2) is 119 Å². The number of imide groups is 1. The first-order valence-corrected chi connectivity index (χ1v) is 16.9. The van der Waals surface area contributed by atoms with Gasteiger partial charge in [-0.3, -0.25) is 19.3 Å². The van der Waals surface area contributed by atoms with Gasteiger partial charge in [0.2, 0.25) is 5.91 Å². The van der Waals surface area contributed by atoms with Crippen LogP contribution in [0.25, 0.3) is 0 Å². The Kier molecular flexibility index (Phi) is 10.1. The normalized spacial score (nSPS) is 19.8. The SMILES string of the molecule is CCN1CCN(C(=O)NC(C(=O)N[C@H]2Cc3ccc(SCC[N+]4(C)CCCC4)c(C(=O)[O-])c3OB2O)c2csc(N)n2)C(=O)C1=O. The van der Waals surface area contributed by atoms with Crippen LogP contribution in [0.4, 0.5) is 9.93 Å². The van der Waals surface area contributed by atoms with Crippen LogP contribution in [-0.2, 0) is 20.8 Å². The van der Waals surface area contributed by atoms with E-state index < -0.39 is 48.8 Å². The Hall–Kier alpha value is -3.87. The summed E-state index contributed by atoms with van der Waals surface area (Å²) in [7, 11) is 0.559. The summed E-state index contributed by atoms with van der Waals surface area (Å²) in [5.41, 5.74) is 6.14. The van der Waals surface area contributed by atoms with Crippen molar-refractivity contribution in [3.8, 4) is 5.75 Å². The minimum absolute atomic E-state index is 0.00820. The van der Waals surface area contributed by atoms with Crippen LogP contribution in [0.2, 0.25) is 0 Å². The molecule has 3 aliphatic rings. The molecule has 0 bridgehead atoms. The summed E-state index contributed by atoms with van der Waals surface area (Å²) >= 11 is 2.42. The van der Waals surface area contributed by atoms with Gasteiger partial charge in [0.1, 0.15) is 5.75 Å². The van der Waals surface area contributed by atoms with Gasteiger partial charge < -0.3 is 45.3 Å². The van der Waals surface area contributed by atoms with Crippen molar-refractivity contribution in [3.63, 3.8) is 0 Å². The van der Waals surface area contributed by atoms with Gasteiger partial charge in [-0.05, 0) is 25.0 Å². The lowest BCUT2D eigenvalue weighted by atomic mass is 9.72. The van der Waals surface area contributed by atoms with Gasteiger partial charge in [0.15, 0.2) is 11.2 Å². The number of nitrogen functional groups attached to an aromatic ring is 1. The lowest BCUT2D eigenvalue weighted by Gasteiger charge is -2.33. The maximum absolute atomic E-state index is 13.6. The number of likely N-dealkylation sites (tertiary alicyclic amines) is 1. The lowest BCUT2D eigenvalue weighted by molar-refractivity contribution is -0.895. The number of piperazine rings is 1. The van der Waals surface area contributed by atoms with Crippen LogP contribution in [0.3, 0.4) is 0 Å². The number of benzene rings is 1. The molecule has 46 heavy (non-hydrogen) atoms. The van der Waals surface area contributed by atoms with E-state index in [0.717, 1.165) is 40.4 Å². The molecule has 5 rings (SSSR count). The highest BCUT2D eigenvalue weighted by Gasteiger charge is 2.41. The summed E-state index contributed by atoms with van der Waals surface area (Å²) in [6.07, 6.45) is 2.36. The molecule has 0 radical (unpaired) electrons. The molecule has 2 atom stereocenters. The molecule has 18 heteroatoms. The summed E-state index contributed by atoms with van der Waals surface area (Å²) in [6.45, 7) is 5.17. The number of carboxylic acids is 1. The average molecular weight is 674 g/mol. The second kappa shape index (κ2) is 13.9. The maximum Gasteiger partial charge on any atom is 0.547 e. The van der Waals surface area contributed by atoms with E-state index in [4.69, 9.17) is 10.4 Å². The maximum atomic E-state index is 13.6. The highest BCUT2D eigenvalue weighted by molar-refractivity contribution is 7.99. The number of carbonyl (C=O) groups is 5. The number of hydrogen-bond donors (Lipinski definition) is 4. The van der Waals surface area contributed by atoms with Crippen LogP contribution in [0.15, 0.2) is 22.4 Å². The number of aromatic carboxylic acids is 1. The predicted molar refractivity (Wildman–Crippen MR) is 168 cm³/mol. The smallest absolute Gasteiger partial charge is 0.545 e. The first kappa shape index (κ1) is 33.5. The van der Waals surface area contributed by atoms with E-state index in [1.165, 1.54) is 34.9 Å². The van der Waals surface area contributed by atoms with E-state index in [1.54, 1.807) is 19.1 Å². The molecule has 4 heterocycles. The number of aromatic nitrogens is 1. The monoisotopic (exact) mass is 673 g/mol. The molecule has 0 saturated carbocycles. The topological polar surface area (TPSA) is 207 Å². The fraction of sp³-hybridized carbons (Fsp3) is 0.500. The number of nitrogens with one attached hydrogen (secondary N) is 2. The Morgan fingerprint density at radius 2 is 2.00 bits per heavy atom. The molecule has 246 valence electrons. The summed E-state index contributed by atoms with van der Waals surface area (Å²) in [5, 5.41) is 29.8. The Morgan fingerprint density at radius 1 is 1.26 bits per heavy atom. The van der Waals surface area contributed by atoms with Crippen LogP contribution >= 0.6 is 23.1 Å². The van der Waals surface area contributed by atoms with Crippen molar-refractivity contribution in [2.75, 3.05) is 57.8 Å². The summed E-state index contributed by atoms with van der Waals surface area (Å²) in [4.78, 5) is 70.4. The van der Waals surface area contributed by atoms with Gasteiger partial charge in [0.25, 0.3) is 0 Å². The van der Waals surface area contributed by atoms with E-state index in [-0.39, 0.29) is 41.6 Å². The lowest BCUT2D eigenvalue weighted by Crippen LogP contribution is -2.60. The molecular weight excluding hydrogens is 637 g/mol. The third-order valence-electron chi connectivity index (χ3n) is 8.59. The number of carboxylic acid groups (broad SMARTS) is 1. The van der Waals surface area contributed by atoms with Crippen molar-refractivity contribution < 1.29 is 43.2 Å². The molecule has 1 aromatic carbocycles. The van der Waals surface area contributed by atoms with Gasteiger partial charge >= 0.3 is 25.0 Å². The summed E-state index contributed by atoms with van der Waals surface area (Å²) in [6, 6.07) is 0.951. The van der Waals surface area contributed by atoms with E-state index in [9.17, 15) is 34.1 Å². The molecule has 2 saturated heterocycles. The number of rotatable bonds is 10. The zero-order chi connectivity index (χ0) is 33.2. The largest absolute Gasteiger partial charge is 0.547 e. The number of nitrogens with two attached hydrogens (primary N) is 1. The molecule has 1 unspecified atom stereocenters. The Balaban J connectivity index is 1.30. The van der Waals surface area contributed by atoms with Crippen LogP contribution in [0.1, 0.15) is 47.4 Å². The van der Waals surface area contributed by atoms with Crippen molar-refractivity contribution in [2.45, 2.75) is 43.1 Å². The van der Waals surface area contributed by atoms with Gasteiger partial charge in [-0.1, -0.05) is 6.07 Å². The molecule has 2 aromatic rings. The standard InChI is InChI=1S/C28H36BN7O8S2/c1-3-34-8-9-35(25(39)24(34)38)28(42)33-21(17-15-46-27(30)31-17)23(37)32-19-14-16-6-7-18(20(26(40)41)22(16)44-29(19)43)45-13-12-36(2)10-4-5-11-36/h6-7,15,19,21,43H,3-5,8-14H2,1-2H3,(H4-,30,31,32,33,37,40,41,42)/t19-,21?/m0/s1. The highest BCUT2D eigenvalue weighted by Crippen LogP contribution is 2.37. The Bertz CT molecular complexity index is 1530. The van der Waals surface area contributed by atoms with Gasteiger partial charge in [0.05, 0.1) is 49.8 Å². The Morgan fingerprint density at radius 3 is 2.65 bits per heavy atom. The molecule has 0 spiro atoms. The van der Waals surface area contributed by atoms with Gasteiger partial charge in [0, 0.05) is 48.5 Å². The average Bonchev–Trinajstić information content (AvgIpc) is 3.65. The number of nitrogens with zero attached hydrogens (tertiary/aromatic N) is 4. The molecule has 0 aliphatic carbocycles. The molecule has 3 aliphatic heterocycles. The molecular formula is C28H36BN7O8S2. The minimum Gasteiger partial charge on any atom is -0.545 e. The van der Waals surface area contributed by atoms with Crippen molar-refractivity contribution in [2.24, 2.45) is 0 Å². The first-order valence-electron chi connectivity index (χ1n) is 15.0. The second-order valence-electron chi connectivity index (χ2n) is 11.7. The predicted octanol–water partition coefficient (Wildman–Crippen LogP) is -0.998. The molecule has 15 nitrogen and oxygen atoms in total. The van der Waals surface area contributed by atoms with Crippen molar-refractivity contribution in [1.29, 1.82) is 0 Å². The van der Waals surface area contributed by atoms with E-state index in [1.807, 2.05) is 0 Å².